The molecule has 1 aliphatic heterocycles. The fourth-order valence-electron chi connectivity index (χ4n) is 1.61. The average molecular weight is 238 g/mol. The Morgan fingerprint density at radius 2 is 2.35 bits per heavy atom. The van der Waals surface area contributed by atoms with Crippen LogP contribution in [0.5, 0.6) is 0 Å². The first-order chi connectivity index (χ1) is 8.26. The van der Waals surface area contributed by atoms with Gasteiger partial charge in [0, 0.05) is 6.42 Å². The second-order valence-electron chi connectivity index (χ2n) is 3.62. The zero-order chi connectivity index (χ0) is 12.1. The molecule has 1 aliphatic carbocycles. The third-order valence-corrected chi connectivity index (χ3v) is 2.41. The summed E-state index contributed by atoms with van der Waals surface area (Å²) in [6.45, 7) is 0.419. The molecule has 2 aliphatic rings. The maximum atomic E-state index is 10.5. The van der Waals surface area contributed by atoms with Crippen LogP contribution < -0.4 is 0 Å². The topological polar surface area (TPSA) is 63.5 Å². The van der Waals surface area contributed by atoms with E-state index in [1.54, 1.807) is 18.2 Å². The molecule has 0 saturated carbocycles. The monoisotopic (exact) mass is 238 g/mol. The normalized spacial score (nSPS) is 28.1. The Morgan fingerprint density at radius 3 is 2.94 bits per heavy atom. The second kappa shape index (κ2) is 5.03. The van der Waals surface area contributed by atoms with Gasteiger partial charge in [0.2, 0.25) is 5.84 Å². The highest BCUT2D eigenvalue weighted by atomic mass is 17.3. The molecule has 6 heteroatoms. The first-order valence-corrected chi connectivity index (χ1v) is 5.20. The third kappa shape index (κ3) is 2.48. The van der Waals surface area contributed by atoms with E-state index in [9.17, 15) is 5.11 Å². The van der Waals surface area contributed by atoms with E-state index in [4.69, 9.17) is 14.7 Å². The van der Waals surface area contributed by atoms with E-state index < -0.39 is 5.60 Å². The molecule has 17 heavy (non-hydrogen) atoms. The smallest absolute Gasteiger partial charge is 0.208 e. The van der Waals surface area contributed by atoms with Crippen LogP contribution in [0.25, 0.3) is 0 Å². The van der Waals surface area contributed by atoms with Gasteiger partial charge >= 0.3 is 0 Å². The molecule has 1 unspecified atom stereocenters. The Kier molecular flexibility index (Phi) is 3.46. The Morgan fingerprint density at radius 1 is 1.47 bits per heavy atom. The predicted octanol–water partition coefficient (Wildman–Crippen LogP) is 0.886. The standard InChI is InChI=1S/C11H14N2O4/c1-15-12-10(13-8-5-9-16-17-13)11(14)6-3-2-4-7-11/h2-6,9,14H,7-8H2,1H3. The Hall–Kier alpha value is -1.79. The van der Waals surface area contributed by atoms with Crippen LogP contribution in [0.15, 0.2) is 41.8 Å². The molecule has 6 nitrogen and oxygen atoms in total. The second-order valence-corrected chi connectivity index (χ2v) is 3.62. The molecular formula is C11H14N2O4. The van der Waals surface area contributed by atoms with Crippen molar-refractivity contribution in [2.75, 3.05) is 13.7 Å². The molecule has 2 rings (SSSR count). The molecule has 0 aromatic heterocycles. The molecule has 1 heterocycles. The highest BCUT2D eigenvalue weighted by Gasteiger charge is 2.37. The maximum absolute atomic E-state index is 10.5. The maximum Gasteiger partial charge on any atom is 0.208 e. The zero-order valence-corrected chi connectivity index (χ0v) is 9.44. The predicted molar refractivity (Wildman–Crippen MR) is 60.3 cm³/mol. The van der Waals surface area contributed by atoms with Crippen molar-refractivity contribution in [1.82, 2.24) is 5.06 Å². The molecule has 0 bridgehead atoms. The van der Waals surface area contributed by atoms with Crippen LogP contribution in [0.1, 0.15) is 6.42 Å². The highest BCUT2D eigenvalue weighted by molar-refractivity contribution is 5.91. The van der Waals surface area contributed by atoms with Gasteiger partial charge in [0.1, 0.15) is 19.0 Å². The van der Waals surface area contributed by atoms with E-state index in [0.717, 1.165) is 0 Å². The number of nitrogens with zero attached hydrogens (tertiary/aromatic N) is 2. The number of hydrogen-bond acceptors (Lipinski definition) is 5. The summed E-state index contributed by atoms with van der Waals surface area (Å²) in [4.78, 5) is 14.4. The van der Waals surface area contributed by atoms with Gasteiger partial charge < -0.3 is 14.8 Å². The lowest BCUT2D eigenvalue weighted by Gasteiger charge is -2.32. The van der Waals surface area contributed by atoms with Crippen molar-refractivity contribution in [2.24, 2.45) is 5.16 Å². The van der Waals surface area contributed by atoms with Crippen LogP contribution in [-0.4, -0.2) is 35.3 Å². The number of aliphatic hydroxyl groups is 1. The van der Waals surface area contributed by atoms with Crippen LogP contribution in [0, 0.1) is 0 Å². The fourth-order valence-corrected chi connectivity index (χ4v) is 1.61. The summed E-state index contributed by atoms with van der Waals surface area (Å²) in [6, 6.07) is 0. The largest absolute Gasteiger partial charge is 0.398 e. The van der Waals surface area contributed by atoms with Crippen molar-refractivity contribution in [3.8, 4) is 0 Å². The molecule has 92 valence electrons. The van der Waals surface area contributed by atoms with Crippen molar-refractivity contribution < 1.29 is 19.8 Å². The van der Waals surface area contributed by atoms with Crippen molar-refractivity contribution in [1.29, 1.82) is 0 Å². The van der Waals surface area contributed by atoms with E-state index in [2.05, 4.69) is 5.16 Å². The van der Waals surface area contributed by atoms with Gasteiger partial charge in [-0.2, -0.15) is 5.06 Å². The van der Waals surface area contributed by atoms with Gasteiger partial charge in [-0.05, 0) is 12.2 Å². The lowest BCUT2D eigenvalue weighted by Crippen LogP contribution is -2.49. The third-order valence-electron chi connectivity index (χ3n) is 2.41. The van der Waals surface area contributed by atoms with Crippen LogP contribution >= 0.6 is 0 Å². The highest BCUT2D eigenvalue weighted by Crippen LogP contribution is 2.23. The van der Waals surface area contributed by atoms with Crippen LogP contribution in [0.2, 0.25) is 0 Å². The van der Waals surface area contributed by atoms with Crippen molar-refractivity contribution in [3.63, 3.8) is 0 Å². The number of rotatable bonds is 2. The SMILES string of the molecule is CON=C(N1CC=COO1)C1(O)C=CC=CC1. The Balaban J connectivity index is 2.22. The summed E-state index contributed by atoms with van der Waals surface area (Å²) in [5, 5.41) is 15.6. The number of oxime groups is 1. The van der Waals surface area contributed by atoms with E-state index >= 15 is 0 Å². The number of hydrogen-bond donors (Lipinski definition) is 1. The van der Waals surface area contributed by atoms with Gasteiger partial charge in [-0.25, -0.2) is 0 Å². The molecule has 0 radical (unpaired) electrons. The van der Waals surface area contributed by atoms with Gasteiger partial charge in [0.15, 0.2) is 0 Å². The molecule has 0 saturated heterocycles. The summed E-state index contributed by atoms with van der Waals surface area (Å²) < 4.78 is 0. The Labute approximate surface area is 98.9 Å². The van der Waals surface area contributed by atoms with E-state index in [0.29, 0.717) is 13.0 Å². The Bertz CT molecular complexity index is 389. The fraction of sp³-hybridized carbons (Fsp3) is 0.364. The minimum atomic E-state index is -1.25. The van der Waals surface area contributed by atoms with Crippen molar-refractivity contribution in [2.45, 2.75) is 12.0 Å². The number of amidine groups is 1. The molecule has 0 aromatic carbocycles. The zero-order valence-electron chi connectivity index (χ0n) is 9.44. The molecule has 0 fully saturated rings. The minimum Gasteiger partial charge on any atom is -0.398 e. The molecule has 1 N–H and O–H groups in total. The van der Waals surface area contributed by atoms with Gasteiger partial charge in [-0.3, -0.25) is 0 Å². The summed E-state index contributed by atoms with van der Waals surface area (Å²) in [5.74, 6) is 0.241. The van der Waals surface area contributed by atoms with E-state index in [-0.39, 0.29) is 5.84 Å². The first kappa shape index (κ1) is 11.7. The lowest BCUT2D eigenvalue weighted by molar-refractivity contribution is -0.376. The van der Waals surface area contributed by atoms with Crippen molar-refractivity contribution >= 4 is 5.84 Å². The number of allylic oxidation sites excluding steroid dienone is 2. The van der Waals surface area contributed by atoms with Gasteiger partial charge in [-0.1, -0.05) is 28.4 Å². The molecule has 1 atom stereocenters. The molecule has 0 spiro atoms. The quantitative estimate of drug-likeness (QED) is 0.335. The van der Waals surface area contributed by atoms with Crippen LogP contribution in [-0.2, 0) is 14.7 Å². The molecule has 0 aromatic rings. The molecular weight excluding hydrogens is 224 g/mol. The first-order valence-electron chi connectivity index (χ1n) is 5.20. The van der Waals surface area contributed by atoms with Gasteiger partial charge in [0.25, 0.3) is 0 Å². The summed E-state index contributed by atoms with van der Waals surface area (Å²) in [7, 11) is 1.41. The van der Waals surface area contributed by atoms with Crippen molar-refractivity contribution in [3.05, 3.63) is 36.6 Å². The number of hydroxylamine groups is 2. The molecule has 0 amide bonds. The van der Waals surface area contributed by atoms with E-state index in [1.807, 2.05) is 12.2 Å². The lowest BCUT2D eigenvalue weighted by atomic mass is 9.94. The van der Waals surface area contributed by atoms with Gasteiger partial charge in [-0.15, -0.1) is 0 Å². The average Bonchev–Trinajstić information content (AvgIpc) is 2.38. The summed E-state index contributed by atoms with van der Waals surface area (Å²) >= 11 is 0. The van der Waals surface area contributed by atoms with Crippen LogP contribution in [0.3, 0.4) is 0 Å². The van der Waals surface area contributed by atoms with Gasteiger partial charge in [0.05, 0.1) is 6.54 Å². The van der Waals surface area contributed by atoms with E-state index in [1.165, 1.54) is 18.4 Å². The summed E-state index contributed by atoms with van der Waals surface area (Å²) in [6.07, 6.45) is 10.6. The minimum absolute atomic E-state index is 0.241. The summed E-state index contributed by atoms with van der Waals surface area (Å²) in [5.41, 5.74) is -1.25. The van der Waals surface area contributed by atoms with Crippen LogP contribution in [0.4, 0.5) is 0 Å².